The Bertz CT molecular complexity index is 913. The van der Waals surface area contributed by atoms with Gasteiger partial charge in [-0.15, -0.1) is 0 Å². The van der Waals surface area contributed by atoms with Crippen LogP contribution in [0.3, 0.4) is 0 Å². The first-order chi connectivity index (χ1) is 12.6. The summed E-state index contributed by atoms with van der Waals surface area (Å²) < 4.78 is 33.9. The molecule has 0 atom stereocenters. The van der Waals surface area contributed by atoms with E-state index in [1.807, 2.05) is 0 Å². The Kier molecular flexibility index (Phi) is 6.05. The van der Waals surface area contributed by atoms with Crippen molar-refractivity contribution in [2.45, 2.75) is 30.4 Å². The van der Waals surface area contributed by atoms with Crippen molar-refractivity contribution >= 4 is 38.1 Å². The molecule has 0 unspecified atom stereocenters. The number of piperazine rings is 1. The molecular weight excluding hydrogens is 479 g/mol. The summed E-state index contributed by atoms with van der Waals surface area (Å²) >= 11 is 2.14. The Morgan fingerprint density at radius 3 is 2.52 bits per heavy atom. The van der Waals surface area contributed by atoms with E-state index in [4.69, 9.17) is 4.74 Å². The molecule has 2 aromatic rings. The van der Waals surface area contributed by atoms with Gasteiger partial charge >= 0.3 is 0 Å². The second kappa shape index (κ2) is 7.84. The second-order valence-corrected chi connectivity index (χ2v) is 11.7. The van der Waals surface area contributed by atoms with Crippen molar-refractivity contribution < 1.29 is 13.2 Å². The van der Waals surface area contributed by atoms with Crippen LogP contribution in [0.1, 0.15) is 20.8 Å². The van der Waals surface area contributed by atoms with Gasteiger partial charge in [0, 0.05) is 45.0 Å². The average Bonchev–Trinajstić information content (AvgIpc) is 2.95. The third-order valence-corrected chi connectivity index (χ3v) is 8.18. The molecule has 3 heterocycles. The minimum absolute atomic E-state index is 0.219. The molecule has 1 aliphatic heterocycles. The number of likely N-dealkylation sites (N-methyl/N-ethyl adjacent to an activating group) is 1. The maximum Gasteiger partial charge on any atom is 0.188 e. The summed E-state index contributed by atoms with van der Waals surface area (Å²) in [6.45, 7) is 10.4. The third kappa shape index (κ3) is 4.41. The summed E-state index contributed by atoms with van der Waals surface area (Å²) in [5.41, 5.74) is 0.682. The summed E-state index contributed by atoms with van der Waals surface area (Å²) in [4.78, 5) is 9.20. The van der Waals surface area contributed by atoms with Crippen molar-refractivity contribution in [3.05, 3.63) is 22.2 Å². The van der Waals surface area contributed by atoms with E-state index in [2.05, 4.69) is 44.4 Å². The second-order valence-electron chi connectivity index (χ2n) is 7.92. The van der Waals surface area contributed by atoms with Gasteiger partial charge in [-0.25, -0.2) is 13.4 Å². The topological polar surface area (TPSA) is 67.2 Å². The lowest BCUT2D eigenvalue weighted by Crippen LogP contribution is -2.45. The minimum atomic E-state index is -3.55. The van der Waals surface area contributed by atoms with Gasteiger partial charge in [-0.3, -0.25) is 9.30 Å². The number of fused-ring (bicyclic) bond motifs is 1. The first kappa shape index (κ1) is 20.8. The summed E-state index contributed by atoms with van der Waals surface area (Å²) in [6.07, 6.45) is 3.35. The van der Waals surface area contributed by atoms with Gasteiger partial charge in [-0.1, -0.05) is 0 Å². The van der Waals surface area contributed by atoms with Gasteiger partial charge in [0.1, 0.15) is 26.6 Å². The zero-order valence-corrected chi connectivity index (χ0v) is 19.2. The summed E-state index contributed by atoms with van der Waals surface area (Å²) in [7, 11) is -1.43. The van der Waals surface area contributed by atoms with Crippen LogP contribution >= 0.6 is 22.6 Å². The largest absolute Gasteiger partial charge is 0.491 e. The highest BCUT2D eigenvalue weighted by atomic mass is 127. The zero-order chi connectivity index (χ0) is 19.8. The van der Waals surface area contributed by atoms with Crippen molar-refractivity contribution in [2.75, 3.05) is 46.4 Å². The molecule has 7 nitrogen and oxygen atoms in total. The van der Waals surface area contributed by atoms with Crippen LogP contribution < -0.4 is 4.74 Å². The number of sulfone groups is 1. The highest BCUT2D eigenvalue weighted by molar-refractivity contribution is 14.1. The summed E-state index contributed by atoms with van der Waals surface area (Å²) in [6, 6.07) is 1.73. The van der Waals surface area contributed by atoms with Crippen LogP contribution in [-0.4, -0.2) is 78.7 Å². The fourth-order valence-electron chi connectivity index (χ4n) is 2.96. The number of rotatable bonds is 5. The SMILES string of the molecule is CN1CCN(CCOc2cc3ncc(I)n3cc2S(=O)(=O)C(C)(C)C)CC1. The third-order valence-electron chi connectivity index (χ3n) is 4.89. The Hall–Kier alpha value is -0.910. The monoisotopic (exact) mass is 506 g/mol. The lowest BCUT2D eigenvalue weighted by atomic mass is 10.3. The molecule has 9 heteroatoms. The fraction of sp³-hybridized carbons (Fsp3) is 0.611. The summed E-state index contributed by atoms with van der Waals surface area (Å²) in [5.74, 6) is 0.383. The average molecular weight is 506 g/mol. The molecule has 1 fully saturated rings. The Morgan fingerprint density at radius 2 is 1.89 bits per heavy atom. The molecule has 0 spiro atoms. The molecule has 0 amide bonds. The van der Waals surface area contributed by atoms with Crippen LogP contribution in [0, 0.1) is 3.70 Å². The van der Waals surface area contributed by atoms with Gasteiger partial charge in [0.15, 0.2) is 9.84 Å². The van der Waals surface area contributed by atoms with E-state index in [-0.39, 0.29) is 4.90 Å². The van der Waals surface area contributed by atoms with Crippen molar-refractivity contribution in [2.24, 2.45) is 0 Å². The van der Waals surface area contributed by atoms with Gasteiger partial charge in [0.25, 0.3) is 0 Å². The van der Waals surface area contributed by atoms with Crippen LogP contribution in [0.15, 0.2) is 23.4 Å². The van der Waals surface area contributed by atoms with E-state index in [9.17, 15) is 8.42 Å². The molecule has 3 rings (SSSR count). The van der Waals surface area contributed by atoms with E-state index in [1.54, 1.807) is 43.6 Å². The number of ether oxygens (including phenoxy) is 1. The number of nitrogens with zero attached hydrogens (tertiary/aromatic N) is 4. The van der Waals surface area contributed by atoms with Crippen molar-refractivity contribution in [1.82, 2.24) is 19.2 Å². The Labute approximate surface area is 174 Å². The lowest BCUT2D eigenvalue weighted by molar-refractivity contribution is 0.133. The predicted octanol–water partition coefficient (Wildman–Crippen LogP) is 2.14. The molecule has 27 heavy (non-hydrogen) atoms. The van der Waals surface area contributed by atoms with Gasteiger partial charge < -0.3 is 9.64 Å². The van der Waals surface area contributed by atoms with Gasteiger partial charge in [0.2, 0.25) is 0 Å². The molecule has 1 saturated heterocycles. The van der Waals surface area contributed by atoms with E-state index >= 15 is 0 Å². The highest BCUT2D eigenvalue weighted by Gasteiger charge is 2.34. The van der Waals surface area contributed by atoms with E-state index in [0.717, 1.165) is 36.4 Å². The highest BCUT2D eigenvalue weighted by Crippen LogP contribution is 2.33. The molecule has 1 aliphatic rings. The van der Waals surface area contributed by atoms with Crippen molar-refractivity contribution in [1.29, 1.82) is 0 Å². The normalized spacial score (nSPS) is 17.5. The van der Waals surface area contributed by atoms with Crippen LogP contribution in [0.2, 0.25) is 0 Å². The van der Waals surface area contributed by atoms with Crippen molar-refractivity contribution in [3.8, 4) is 5.75 Å². The number of aromatic nitrogens is 2. The molecular formula is C18H27IN4O3S. The van der Waals surface area contributed by atoms with Crippen LogP contribution in [-0.2, 0) is 9.84 Å². The molecule has 0 aliphatic carbocycles. The van der Waals surface area contributed by atoms with E-state index < -0.39 is 14.6 Å². The molecule has 0 radical (unpaired) electrons. The molecule has 0 bridgehead atoms. The van der Waals surface area contributed by atoms with E-state index in [0.29, 0.717) is 18.0 Å². The standard InChI is InChI=1S/C18H27IN4O3S/c1-18(2,3)27(24,25)15-13-23-16(19)12-20-17(23)11-14(15)26-10-9-22-7-5-21(4)6-8-22/h11-13H,5-10H2,1-4H3. The molecule has 0 N–H and O–H groups in total. The van der Waals surface area contributed by atoms with Crippen LogP contribution in [0.4, 0.5) is 0 Å². The first-order valence-electron chi connectivity index (χ1n) is 9.04. The maximum atomic E-state index is 13.1. The molecule has 0 aromatic carbocycles. The van der Waals surface area contributed by atoms with Crippen molar-refractivity contribution in [3.63, 3.8) is 0 Å². The smallest absolute Gasteiger partial charge is 0.188 e. The van der Waals surface area contributed by atoms with Crippen LogP contribution in [0.5, 0.6) is 5.75 Å². The van der Waals surface area contributed by atoms with Crippen LogP contribution in [0.25, 0.3) is 5.65 Å². The number of halogens is 1. The summed E-state index contributed by atoms with van der Waals surface area (Å²) in [5, 5.41) is 0. The molecule has 150 valence electrons. The predicted molar refractivity (Wildman–Crippen MR) is 114 cm³/mol. The zero-order valence-electron chi connectivity index (χ0n) is 16.3. The Morgan fingerprint density at radius 1 is 1.22 bits per heavy atom. The Balaban J connectivity index is 1.86. The quantitative estimate of drug-likeness (QED) is 0.580. The molecule has 0 saturated carbocycles. The van der Waals surface area contributed by atoms with Gasteiger partial charge in [-0.05, 0) is 50.4 Å². The van der Waals surface area contributed by atoms with Gasteiger partial charge in [-0.2, -0.15) is 0 Å². The fourth-order valence-corrected chi connectivity index (χ4v) is 4.77. The number of imidazole rings is 1. The maximum absolute atomic E-state index is 13.1. The lowest BCUT2D eigenvalue weighted by Gasteiger charge is -2.32. The molecule has 2 aromatic heterocycles. The van der Waals surface area contributed by atoms with Gasteiger partial charge in [0.05, 0.1) is 10.9 Å². The first-order valence-corrected chi connectivity index (χ1v) is 11.6. The number of hydrogen-bond acceptors (Lipinski definition) is 6. The number of hydrogen-bond donors (Lipinski definition) is 0. The minimum Gasteiger partial charge on any atom is -0.491 e. The number of pyridine rings is 1. The van der Waals surface area contributed by atoms with E-state index in [1.165, 1.54) is 0 Å².